The minimum absolute atomic E-state index is 0.0901. The lowest BCUT2D eigenvalue weighted by Gasteiger charge is -2.07. The van der Waals surface area contributed by atoms with Crippen LogP contribution in [-0.4, -0.2) is 24.0 Å². The van der Waals surface area contributed by atoms with Gasteiger partial charge in [-0.05, 0) is 24.0 Å². The second-order valence-corrected chi connectivity index (χ2v) is 4.88. The third kappa shape index (κ3) is 2.15. The highest BCUT2D eigenvalue weighted by Crippen LogP contribution is 2.44. The maximum absolute atomic E-state index is 11.8. The summed E-state index contributed by atoms with van der Waals surface area (Å²) in [6, 6.07) is 5.68. The molecule has 1 amide bonds. The topological polar surface area (TPSA) is 54.0 Å². The molecule has 2 rings (SSSR count). The fourth-order valence-electron chi connectivity index (χ4n) is 1.65. The number of hydrogen-bond donors (Lipinski definition) is 2. The molecule has 86 valence electrons. The number of hydrogen-bond acceptors (Lipinski definition) is 3. The Morgan fingerprint density at radius 2 is 2.19 bits per heavy atom. The lowest BCUT2D eigenvalue weighted by Crippen LogP contribution is -2.29. The van der Waals surface area contributed by atoms with E-state index < -0.39 is 0 Å². The van der Waals surface area contributed by atoms with Crippen LogP contribution >= 0.6 is 0 Å². The van der Waals surface area contributed by atoms with Crippen molar-refractivity contribution in [1.82, 2.24) is 10.3 Å². The van der Waals surface area contributed by atoms with Gasteiger partial charge in [-0.25, -0.2) is 4.98 Å². The molecule has 1 aliphatic carbocycles. The van der Waals surface area contributed by atoms with E-state index in [9.17, 15) is 4.79 Å². The number of carbonyl (C=O) groups is 1. The van der Waals surface area contributed by atoms with Gasteiger partial charge in [-0.15, -0.1) is 0 Å². The van der Waals surface area contributed by atoms with Crippen LogP contribution in [0.15, 0.2) is 18.2 Å². The normalized spacial score (nSPS) is 21.3. The van der Waals surface area contributed by atoms with Crippen molar-refractivity contribution in [3.05, 3.63) is 23.9 Å². The van der Waals surface area contributed by atoms with Crippen LogP contribution in [-0.2, 0) is 0 Å². The van der Waals surface area contributed by atoms with Gasteiger partial charge in [0.05, 0.1) is 0 Å². The Morgan fingerprint density at radius 1 is 1.50 bits per heavy atom. The number of aromatic nitrogens is 1. The Labute approximate surface area is 95.5 Å². The zero-order valence-corrected chi connectivity index (χ0v) is 9.87. The van der Waals surface area contributed by atoms with E-state index in [1.165, 1.54) is 0 Å². The molecular weight excluding hydrogens is 202 g/mol. The minimum atomic E-state index is -0.0901. The molecule has 0 saturated heterocycles. The zero-order valence-electron chi connectivity index (χ0n) is 9.87. The van der Waals surface area contributed by atoms with Gasteiger partial charge in [0.25, 0.3) is 5.91 Å². The number of carbonyl (C=O) groups excluding carboxylic acids is 1. The van der Waals surface area contributed by atoms with Gasteiger partial charge in [0.2, 0.25) is 0 Å². The summed E-state index contributed by atoms with van der Waals surface area (Å²) in [5.41, 5.74) is 0.713. The van der Waals surface area contributed by atoms with Crippen LogP contribution in [0.5, 0.6) is 0 Å². The van der Waals surface area contributed by atoms with Crippen LogP contribution in [0.2, 0.25) is 0 Å². The number of nitrogens with zero attached hydrogens (tertiary/aromatic N) is 1. The minimum Gasteiger partial charge on any atom is -0.373 e. The summed E-state index contributed by atoms with van der Waals surface area (Å²) in [4.78, 5) is 16.0. The number of amides is 1. The molecule has 0 spiro atoms. The maximum Gasteiger partial charge on any atom is 0.270 e. The number of rotatable bonds is 3. The highest BCUT2D eigenvalue weighted by Gasteiger charge is 2.46. The third-order valence-electron chi connectivity index (χ3n) is 3.06. The van der Waals surface area contributed by atoms with E-state index in [0.717, 1.165) is 6.42 Å². The van der Waals surface area contributed by atoms with Gasteiger partial charge in [-0.3, -0.25) is 4.79 Å². The van der Waals surface area contributed by atoms with E-state index in [4.69, 9.17) is 0 Å². The van der Waals surface area contributed by atoms with Crippen molar-refractivity contribution < 1.29 is 4.79 Å². The fraction of sp³-hybridized carbons (Fsp3) is 0.500. The van der Waals surface area contributed by atoms with Crippen LogP contribution in [0.25, 0.3) is 0 Å². The average molecular weight is 219 g/mol. The SMILES string of the molecule is CNc1cccc(C(=O)NC2CC2(C)C)n1. The Hall–Kier alpha value is -1.58. The summed E-state index contributed by atoms with van der Waals surface area (Å²) < 4.78 is 0. The van der Waals surface area contributed by atoms with Crippen LogP contribution in [0.1, 0.15) is 30.8 Å². The number of nitrogens with one attached hydrogen (secondary N) is 2. The first kappa shape index (κ1) is 10.9. The molecule has 1 heterocycles. The molecule has 0 aromatic carbocycles. The van der Waals surface area contributed by atoms with Gasteiger partial charge in [0.1, 0.15) is 11.5 Å². The van der Waals surface area contributed by atoms with Crippen molar-refractivity contribution in [2.24, 2.45) is 5.41 Å². The lowest BCUT2D eigenvalue weighted by atomic mass is 10.2. The molecule has 1 saturated carbocycles. The largest absolute Gasteiger partial charge is 0.373 e. The van der Waals surface area contributed by atoms with Crippen LogP contribution < -0.4 is 10.6 Å². The quantitative estimate of drug-likeness (QED) is 0.812. The molecule has 16 heavy (non-hydrogen) atoms. The summed E-state index contributed by atoms with van der Waals surface area (Å²) in [5, 5.41) is 5.90. The second-order valence-electron chi connectivity index (χ2n) is 4.88. The standard InChI is InChI=1S/C12H17N3O/c1-12(2)7-9(12)15-11(16)8-5-4-6-10(13-3)14-8/h4-6,9H,7H2,1-3H3,(H,13,14)(H,15,16). The van der Waals surface area contributed by atoms with E-state index in [0.29, 0.717) is 17.6 Å². The molecule has 1 aliphatic rings. The van der Waals surface area contributed by atoms with Crippen LogP contribution in [0.3, 0.4) is 0 Å². The average Bonchev–Trinajstić information content (AvgIpc) is 2.86. The lowest BCUT2D eigenvalue weighted by molar-refractivity contribution is 0.0941. The number of pyridine rings is 1. The molecule has 1 unspecified atom stereocenters. The monoisotopic (exact) mass is 219 g/mol. The predicted molar refractivity (Wildman–Crippen MR) is 63.4 cm³/mol. The van der Waals surface area contributed by atoms with Crippen molar-refractivity contribution in [3.63, 3.8) is 0 Å². The first-order chi connectivity index (χ1) is 7.53. The summed E-state index contributed by atoms with van der Waals surface area (Å²) in [6.45, 7) is 4.30. The Morgan fingerprint density at radius 3 is 2.75 bits per heavy atom. The summed E-state index contributed by atoms with van der Waals surface area (Å²) in [6.07, 6.45) is 1.05. The molecule has 0 radical (unpaired) electrons. The van der Waals surface area contributed by atoms with Crippen molar-refractivity contribution in [2.45, 2.75) is 26.3 Å². The van der Waals surface area contributed by atoms with E-state index in [1.54, 1.807) is 13.1 Å². The molecule has 0 aliphatic heterocycles. The smallest absolute Gasteiger partial charge is 0.270 e. The van der Waals surface area contributed by atoms with Gasteiger partial charge < -0.3 is 10.6 Å². The molecule has 4 heteroatoms. The Kier molecular flexibility index (Phi) is 2.58. The molecule has 0 bridgehead atoms. The molecule has 1 fully saturated rings. The van der Waals surface area contributed by atoms with Gasteiger partial charge in [0.15, 0.2) is 0 Å². The van der Waals surface area contributed by atoms with Crippen molar-refractivity contribution in [1.29, 1.82) is 0 Å². The predicted octanol–water partition coefficient (Wildman–Crippen LogP) is 1.65. The Bertz CT molecular complexity index is 414. The molecule has 2 N–H and O–H groups in total. The van der Waals surface area contributed by atoms with Gasteiger partial charge in [0, 0.05) is 13.1 Å². The second kappa shape index (κ2) is 3.77. The molecule has 1 aromatic rings. The summed E-state index contributed by atoms with van der Waals surface area (Å²) in [5.74, 6) is 0.621. The molecule has 4 nitrogen and oxygen atoms in total. The van der Waals surface area contributed by atoms with E-state index in [1.807, 2.05) is 12.1 Å². The van der Waals surface area contributed by atoms with E-state index in [-0.39, 0.29) is 11.3 Å². The van der Waals surface area contributed by atoms with Gasteiger partial charge >= 0.3 is 0 Å². The first-order valence-corrected chi connectivity index (χ1v) is 5.48. The highest BCUT2D eigenvalue weighted by molar-refractivity contribution is 5.93. The van der Waals surface area contributed by atoms with Crippen molar-refractivity contribution in [2.75, 3.05) is 12.4 Å². The summed E-state index contributed by atoms with van der Waals surface area (Å²) >= 11 is 0. The van der Waals surface area contributed by atoms with Gasteiger partial charge in [-0.1, -0.05) is 19.9 Å². The Balaban J connectivity index is 2.04. The first-order valence-electron chi connectivity index (χ1n) is 5.48. The number of anilines is 1. The van der Waals surface area contributed by atoms with Gasteiger partial charge in [-0.2, -0.15) is 0 Å². The van der Waals surface area contributed by atoms with Crippen molar-refractivity contribution >= 4 is 11.7 Å². The van der Waals surface area contributed by atoms with E-state index in [2.05, 4.69) is 29.5 Å². The summed E-state index contributed by atoms with van der Waals surface area (Å²) in [7, 11) is 1.79. The molecule has 1 atom stereocenters. The highest BCUT2D eigenvalue weighted by atomic mass is 16.2. The van der Waals surface area contributed by atoms with Crippen LogP contribution in [0.4, 0.5) is 5.82 Å². The van der Waals surface area contributed by atoms with Crippen molar-refractivity contribution in [3.8, 4) is 0 Å². The third-order valence-corrected chi connectivity index (χ3v) is 3.06. The maximum atomic E-state index is 11.8. The molecule has 1 aromatic heterocycles. The van der Waals surface area contributed by atoms with Crippen LogP contribution in [0, 0.1) is 5.41 Å². The molecular formula is C12H17N3O. The van der Waals surface area contributed by atoms with E-state index >= 15 is 0 Å². The zero-order chi connectivity index (χ0) is 11.8. The fourth-order valence-corrected chi connectivity index (χ4v) is 1.65.